The molecule has 0 saturated heterocycles. The molecule has 1 atom stereocenters. The van der Waals surface area contributed by atoms with Crippen molar-refractivity contribution in [2.75, 3.05) is 14.2 Å². The molecule has 76 valence electrons. The van der Waals surface area contributed by atoms with E-state index in [0.29, 0.717) is 0 Å². The Kier molecular flexibility index (Phi) is 4.13. The summed E-state index contributed by atoms with van der Waals surface area (Å²) < 4.78 is 9.79. The van der Waals surface area contributed by atoms with Gasteiger partial charge in [-0.3, -0.25) is 4.79 Å². The molecule has 1 aromatic carbocycles. The molecule has 14 heavy (non-hydrogen) atoms. The number of esters is 1. The van der Waals surface area contributed by atoms with Crippen molar-refractivity contribution < 1.29 is 14.3 Å². The summed E-state index contributed by atoms with van der Waals surface area (Å²) in [4.78, 5) is 11.1. The van der Waals surface area contributed by atoms with Crippen LogP contribution >= 0.6 is 0 Å². The predicted octanol–water partition coefficient (Wildman–Crippen LogP) is 1.94. The minimum absolute atomic E-state index is 0.219. The molecule has 0 aliphatic rings. The number of carbonyl (C=O) groups excluding carboxylic acids is 1. The van der Waals surface area contributed by atoms with Gasteiger partial charge in [0.2, 0.25) is 0 Å². The van der Waals surface area contributed by atoms with E-state index in [1.165, 1.54) is 7.11 Å². The van der Waals surface area contributed by atoms with E-state index in [0.717, 1.165) is 5.56 Å². The fourth-order valence-electron chi connectivity index (χ4n) is 1.24. The van der Waals surface area contributed by atoms with Gasteiger partial charge in [-0.1, -0.05) is 30.3 Å². The molecule has 0 radical (unpaired) electrons. The normalized spacial score (nSPS) is 12.1. The highest BCUT2D eigenvalue weighted by Gasteiger charge is 2.14. The summed E-state index contributed by atoms with van der Waals surface area (Å²) in [5.41, 5.74) is 0.986. The van der Waals surface area contributed by atoms with Crippen molar-refractivity contribution in [1.29, 1.82) is 0 Å². The summed E-state index contributed by atoms with van der Waals surface area (Å²) in [6.45, 7) is 0. The van der Waals surface area contributed by atoms with Gasteiger partial charge in [0.1, 0.15) is 0 Å². The van der Waals surface area contributed by atoms with Crippen LogP contribution < -0.4 is 0 Å². The maximum Gasteiger partial charge on any atom is 0.308 e. The number of rotatable bonds is 4. The van der Waals surface area contributed by atoms with Crippen LogP contribution in [-0.2, 0) is 14.3 Å². The second kappa shape index (κ2) is 5.40. The molecule has 1 aromatic rings. The predicted molar refractivity (Wildman–Crippen MR) is 52.8 cm³/mol. The van der Waals surface area contributed by atoms with E-state index in [1.807, 2.05) is 30.3 Å². The summed E-state index contributed by atoms with van der Waals surface area (Å²) in [5, 5.41) is 0. The van der Waals surface area contributed by atoms with Gasteiger partial charge in [-0.25, -0.2) is 0 Å². The Morgan fingerprint density at radius 3 is 2.43 bits per heavy atom. The summed E-state index contributed by atoms with van der Waals surface area (Å²) in [5.74, 6) is -0.263. The Balaban J connectivity index is 2.68. The number of benzene rings is 1. The Hall–Kier alpha value is -1.35. The van der Waals surface area contributed by atoms with Crippen LogP contribution in [0.4, 0.5) is 0 Å². The maximum absolute atomic E-state index is 11.1. The van der Waals surface area contributed by atoms with Crippen molar-refractivity contribution in [1.82, 2.24) is 0 Å². The first kappa shape index (κ1) is 10.7. The van der Waals surface area contributed by atoms with Crippen LogP contribution in [0.2, 0.25) is 0 Å². The third-order valence-corrected chi connectivity index (χ3v) is 2.04. The van der Waals surface area contributed by atoms with Crippen molar-refractivity contribution in [3.63, 3.8) is 0 Å². The van der Waals surface area contributed by atoms with Gasteiger partial charge < -0.3 is 9.47 Å². The van der Waals surface area contributed by atoms with Crippen LogP contribution in [0.1, 0.15) is 18.1 Å². The first-order valence-corrected chi connectivity index (χ1v) is 4.42. The first-order valence-electron chi connectivity index (χ1n) is 4.42. The topological polar surface area (TPSA) is 35.5 Å². The van der Waals surface area contributed by atoms with Crippen LogP contribution in [0.5, 0.6) is 0 Å². The lowest BCUT2D eigenvalue weighted by Gasteiger charge is -2.13. The molecule has 0 amide bonds. The lowest BCUT2D eigenvalue weighted by Crippen LogP contribution is -2.10. The summed E-state index contributed by atoms with van der Waals surface area (Å²) in [6.07, 6.45) is 0.0282. The Morgan fingerprint density at radius 1 is 1.29 bits per heavy atom. The van der Waals surface area contributed by atoms with Gasteiger partial charge in [-0.2, -0.15) is 0 Å². The molecule has 0 aliphatic heterocycles. The van der Waals surface area contributed by atoms with Crippen molar-refractivity contribution in [3.05, 3.63) is 35.9 Å². The molecule has 3 nitrogen and oxygen atoms in total. The molecule has 0 heterocycles. The average Bonchev–Trinajstić information content (AvgIpc) is 2.26. The highest BCUT2D eigenvalue weighted by molar-refractivity contribution is 5.70. The number of carbonyl (C=O) groups is 1. The first-order chi connectivity index (χ1) is 6.77. The lowest BCUT2D eigenvalue weighted by molar-refractivity contribution is -0.143. The van der Waals surface area contributed by atoms with E-state index in [4.69, 9.17) is 4.74 Å². The molecule has 0 saturated carbocycles. The molecule has 0 aliphatic carbocycles. The molecule has 0 fully saturated rings. The standard InChI is InChI=1S/C11H14O3/c1-13-10(8-11(12)14-2)9-6-4-3-5-7-9/h3-7,10H,8H2,1-2H3/t10-/m1/s1. The smallest absolute Gasteiger partial charge is 0.308 e. The third kappa shape index (κ3) is 2.85. The van der Waals surface area contributed by atoms with Crippen molar-refractivity contribution >= 4 is 5.97 Å². The van der Waals surface area contributed by atoms with Crippen LogP contribution in [0.25, 0.3) is 0 Å². The lowest BCUT2D eigenvalue weighted by atomic mass is 10.1. The average molecular weight is 194 g/mol. The van der Waals surface area contributed by atoms with Crippen LogP contribution in [0, 0.1) is 0 Å². The third-order valence-electron chi connectivity index (χ3n) is 2.04. The molecular formula is C11H14O3. The molecule has 0 spiro atoms. The molecule has 0 bridgehead atoms. The van der Waals surface area contributed by atoms with Gasteiger partial charge >= 0.3 is 5.97 Å². The second-order valence-corrected chi connectivity index (χ2v) is 2.92. The van der Waals surface area contributed by atoms with E-state index in [9.17, 15) is 4.79 Å². The van der Waals surface area contributed by atoms with E-state index < -0.39 is 0 Å². The zero-order valence-electron chi connectivity index (χ0n) is 8.40. The van der Waals surface area contributed by atoms with E-state index in [2.05, 4.69) is 4.74 Å². The van der Waals surface area contributed by atoms with Gasteiger partial charge in [-0.05, 0) is 5.56 Å². The number of hydrogen-bond acceptors (Lipinski definition) is 3. The van der Waals surface area contributed by atoms with Gasteiger partial charge in [-0.15, -0.1) is 0 Å². The summed E-state index contributed by atoms with van der Waals surface area (Å²) in [7, 11) is 2.96. The number of ether oxygens (including phenoxy) is 2. The van der Waals surface area contributed by atoms with Gasteiger partial charge in [0.15, 0.2) is 0 Å². The fourth-order valence-corrected chi connectivity index (χ4v) is 1.24. The zero-order chi connectivity index (χ0) is 10.4. The molecule has 3 heteroatoms. The Bertz CT molecular complexity index is 282. The van der Waals surface area contributed by atoms with Gasteiger partial charge in [0.25, 0.3) is 0 Å². The minimum atomic E-state index is -0.263. The molecule has 0 N–H and O–H groups in total. The van der Waals surface area contributed by atoms with Crippen LogP contribution in [0.3, 0.4) is 0 Å². The largest absolute Gasteiger partial charge is 0.469 e. The monoisotopic (exact) mass is 194 g/mol. The van der Waals surface area contributed by atoms with Gasteiger partial charge in [0.05, 0.1) is 19.6 Å². The van der Waals surface area contributed by atoms with Gasteiger partial charge in [0, 0.05) is 7.11 Å². The molecule has 0 unspecified atom stereocenters. The highest BCUT2D eigenvalue weighted by Crippen LogP contribution is 2.20. The van der Waals surface area contributed by atoms with Crippen molar-refractivity contribution in [2.45, 2.75) is 12.5 Å². The molecular weight excluding hydrogens is 180 g/mol. The quantitative estimate of drug-likeness (QED) is 0.687. The number of hydrogen-bond donors (Lipinski definition) is 0. The van der Waals surface area contributed by atoms with E-state index in [1.54, 1.807) is 7.11 Å². The van der Waals surface area contributed by atoms with E-state index >= 15 is 0 Å². The SMILES string of the molecule is COC(=O)C[C@@H](OC)c1ccccc1. The Morgan fingerprint density at radius 2 is 1.93 bits per heavy atom. The second-order valence-electron chi connectivity index (χ2n) is 2.92. The van der Waals surface area contributed by atoms with Crippen molar-refractivity contribution in [2.24, 2.45) is 0 Å². The van der Waals surface area contributed by atoms with Crippen LogP contribution in [-0.4, -0.2) is 20.2 Å². The van der Waals surface area contributed by atoms with Crippen molar-refractivity contribution in [3.8, 4) is 0 Å². The Labute approximate surface area is 83.6 Å². The summed E-state index contributed by atoms with van der Waals surface area (Å²) in [6, 6.07) is 9.61. The number of methoxy groups -OCH3 is 2. The summed E-state index contributed by atoms with van der Waals surface area (Å²) >= 11 is 0. The fraction of sp³-hybridized carbons (Fsp3) is 0.364. The zero-order valence-corrected chi connectivity index (χ0v) is 8.40. The molecule has 0 aromatic heterocycles. The molecule has 1 rings (SSSR count). The minimum Gasteiger partial charge on any atom is -0.469 e. The van der Waals surface area contributed by atoms with Crippen LogP contribution in [0.15, 0.2) is 30.3 Å². The maximum atomic E-state index is 11.1. The van der Waals surface area contributed by atoms with E-state index in [-0.39, 0.29) is 18.5 Å². The highest BCUT2D eigenvalue weighted by atomic mass is 16.5.